The molecule has 1 aliphatic heterocycles. The van der Waals surface area contributed by atoms with Crippen molar-refractivity contribution >= 4 is 35.1 Å². The Hall–Kier alpha value is -2.96. The molecule has 2 heterocycles. The summed E-state index contributed by atoms with van der Waals surface area (Å²) in [4.78, 5) is 21.0. The lowest BCUT2D eigenvalue weighted by molar-refractivity contribution is 0.0201. The normalized spacial score (nSPS) is 14.4. The fourth-order valence-corrected chi connectivity index (χ4v) is 4.85. The maximum atomic E-state index is 12.4. The molecule has 6 nitrogen and oxygen atoms in total. The molecule has 1 aromatic heterocycles. The lowest BCUT2D eigenvalue weighted by Gasteiger charge is -2.37. The number of carbonyl (C=O) groups is 1. The van der Waals surface area contributed by atoms with Crippen molar-refractivity contribution in [2.45, 2.75) is 45.3 Å². The highest BCUT2D eigenvalue weighted by Crippen LogP contribution is 2.32. The first-order valence-electron chi connectivity index (χ1n) is 12.2. The van der Waals surface area contributed by atoms with Gasteiger partial charge in [-0.15, -0.1) is 0 Å². The van der Waals surface area contributed by atoms with Crippen molar-refractivity contribution in [1.82, 2.24) is 9.88 Å². The molecule has 0 spiro atoms. The molecule has 195 valence electrons. The van der Waals surface area contributed by atoms with Crippen LogP contribution in [0.2, 0.25) is 10.0 Å². The van der Waals surface area contributed by atoms with Crippen LogP contribution < -0.4 is 9.64 Å². The third-order valence-electron chi connectivity index (χ3n) is 6.14. The lowest BCUT2D eigenvalue weighted by Crippen LogP contribution is -2.47. The first-order valence-corrected chi connectivity index (χ1v) is 13.0. The molecule has 1 radical (unpaired) electrons. The first-order chi connectivity index (χ1) is 17.5. The van der Waals surface area contributed by atoms with Crippen LogP contribution in [0, 0.1) is 6.92 Å². The number of benzene rings is 2. The zero-order valence-corrected chi connectivity index (χ0v) is 23.1. The van der Waals surface area contributed by atoms with Crippen LogP contribution in [0.3, 0.4) is 0 Å². The smallest absolute Gasteiger partial charge is 0.410 e. The van der Waals surface area contributed by atoms with Crippen LogP contribution >= 0.6 is 23.2 Å². The SMILES string of the molecule is [CH2]c1cc(Oc2ccc(N3CCC(N(C)C(=O)OC(C)(C)C)CC3)nc2)cc(-c2cc(Cl)cc(Cl)c2)c1. The van der Waals surface area contributed by atoms with Gasteiger partial charge in [0, 0.05) is 36.2 Å². The van der Waals surface area contributed by atoms with Crippen molar-refractivity contribution in [2.24, 2.45) is 0 Å². The molecule has 4 rings (SSSR count). The summed E-state index contributed by atoms with van der Waals surface area (Å²) in [6.07, 6.45) is 3.14. The van der Waals surface area contributed by atoms with Crippen molar-refractivity contribution in [2.75, 3.05) is 25.0 Å². The third kappa shape index (κ3) is 7.30. The van der Waals surface area contributed by atoms with Gasteiger partial charge in [-0.25, -0.2) is 9.78 Å². The second kappa shape index (κ2) is 11.2. The minimum atomic E-state index is -0.501. The van der Waals surface area contributed by atoms with Crippen LogP contribution in [-0.2, 0) is 4.74 Å². The van der Waals surface area contributed by atoms with Gasteiger partial charge in [0.15, 0.2) is 0 Å². The Balaban J connectivity index is 1.38. The number of carbonyl (C=O) groups excluding carboxylic acids is 1. The van der Waals surface area contributed by atoms with Crippen LogP contribution in [0.5, 0.6) is 11.5 Å². The molecule has 8 heteroatoms. The van der Waals surface area contributed by atoms with E-state index in [0.717, 1.165) is 48.4 Å². The van der Waals surface area contributed by atoms with Crippen LogP contribution in [0.15, 0.2) is 54.7 Å². The monoisotopic (exact) mass is 540 g/mol. The predicted octanol–water partition coefficient (Wildman–Crippen LogP) is 7.87. The molecule has 0 N–H and O–H groups in total. The van der Waals surface area contributed by atoms with Crippen molar-refractivity contribution < 1.29 is 14.3 Å². The molecule has 1 saturated heterocycles. The van der Waals surface area contributed by atoms with Gasteiger partial charge < -0.3 is 19.3 Å². The van der Waals surface area contributed by atoms with Crippen LogP contribution in [-0.4, -0.2) is 47.8 Å². The highest BCUT2D eigenvalue weighted by Gasteiger charge is 2.29. The highest BCUT2D eigenvalue weighted by molar-refractivity contribution is 6.35. The van der Waals surface area contributed by atoms with Gasteiger partial charge in [0.25, 0.3) is 0 Å². The van der Waals surface area contributed by atoms with Crippen molar-refractivity contribution in [3.8, 4) is 22.6 Å². The van der Waals surface area contributed by atoms with Gasteiger partial charge in [0.2, 0.25) is 0 Å². The van der Waals surface area contributed by atoms with Gasteiger partial charge in [-0.3, -0.25) is 0 Å². The molecule has 0 saturated carbocycles. The highest BCUT2D eigenvalue weighted by atomic mass is 35.5. The fourth-order valence-electron chi connectivity index (χ4n) is 4.33. The summed E-state index contributed by atoms with van der Waals surface area (Å²) in [5.74, 6) is 2.16. The number of pyridine rings is 1. The number of halogens is 2. The molecule has 37 heavy (non-hydrogen) atoms. The Morgan fingerprint density at radius 1 is 1.00 bits per heavy atom. The number of amides is 1. The van der Waals surface area contributed by atoms with E-state index in [4.69, 9.17) is 32.7 Å². The van der Waals surface area contributed by atoms with E-state index in [0.29, 0.717) is 21.5 Å². The lowest BCUT2D eigenvalue weighted by atomic mass is 10.0. The number of piperidine rings is 1. The second-order valence-electron chi connectivity index (χ2n) is 10.3. The number of aromatic nitrogens is 1. The summed E-state index contributed by atoms with van der Waals surface area (Å²) >= 11 is 12.4. The first kappa shape index (κ1) is 27.1. The van der Waals surface area contributed by atoms with Crippen LogP contribution in [0.4, 0.5) is 10.6 Å². The maximum absolute atomic E-state index is 12.4. The number of ether oxygens (including phenoxy) is 2. The summed E-state index contributed by atoms with van der Waals surface area (Å²) < 4.78 is 11.6. The van der Waals surface area contributed by atoms with Gasteiger partial charge in [-0.05, 0) is 99.7 Å². The zero-order valence-electron chi connectivity index (χ0n) is 21.6. The minimum absolute atomic E-state index is 0.146. The molecule has 0 atom stereocenters. The van der Waals surface area contributed by atoms with Gasteiger partial charge in [-0.1, -0.05) is 29.3 Å². The second-order valence-corrected chi connectivity index (χ2v) is 11.2. The summed E-state index contributed by atoms with van der Waals surface area (Å²) in [5.41, 5.74) is 2.12. The van der Waals surface area contributed by atoms with Gasteiger partial charge in [0.1, 0.15) is 22.9 Å². The minimum Gasteiger partial charge on any atom is -0.456 e. The predicted molar refractivity (Wildman–Crippen MR) is 150 cm³/mol. The third-order valence-corrected chi connectivity index (χ3v) is 6.57. The summed E-state index contributed by atoms with van der Waals surface area (Å²) in [6.45, 7) is 11.3. The van der Waals surface area contributed by atoms with Gasteiger partial charge in [-0.2, -0.15) is 0 Å². The average Bonchev–Trinajstić information content (AvgIpc) is 2.82. The fraction of sp³-hybridized carbons (Fsp3) is 0.345. The van der Waals surface area contributed by atoms with Crippen molar-refractivity contribution in [3.05, 3.63) is 77.3 Å². The van der Waals surface area contributed by atoms with Crippen LogP contribution in [0.25, 0.3) is 11.1 Å². The Labute approximate surface area is 229 Å². The Morgan fingerprint density at radius 2 is 1.65 bits per heavy atom. The summed E-state index contributed by atoms with van der Waals surface area (Å²) in [6, 6.07) is 15.2. The van der Waals surface area contributed by atoms with E-state index in [9.17, 15) is 4.79 Å². The van der Waals surface area contributed by atoms with E-state index >= 15 is 0 Å². The number of nitrogens with zero attached hydrogens (tertiary/aromatic N) is 3. The quantitative estimate of drug-likeness (QED) is 0.329. The molecule has 2 aromatic carbocycles. The van der Waals surface area contributed by atoms with E-state index in [1.165, 1.54) is 0 Å². The van der Waals surface area contributed by atoms with Crippen LogP contribution in [0.1, 0.15) is 39.2 Å². The summed E-state index contributed by atoms with van der Waals surface area (Å²) in [5, 5.41) is 1.14. The zero-order chi connectivity index (χ0) is 26.7. The molecule has 3 aromatic rings. The van der Waals surface area contributed by atoms with E-state index in [2.05, 4.69) is 16.8 Å². The topological polar surface area (TPSA) is 54.9 Å². The molecule has 1 aliphatic rings. The largest absolute Gasteiger partial charge is 0.456 e. The Bertz CT molecular complexity index is 1230. The van der Waals surface area contributed by atoms with Gasteiger partial charge in [0.05, 0.1) is 6.20 Å². The molecule has 0 aliphatic carbocycles. The average molecular weight is 541 g/mol. The van der Waals surface area contributed by atoms with Gasteiger partial charge >= 0.3 is 6.09 Å². The number of hydrogen-bond acceptors (Lipinski definition) is 5. The van der Waals surface area contributed by atoms with E-state index in [1.807, 2.05) is 70.3 Å². The number of anilines is 1. The number of hydrogen-bond donors (Lipinski definition) is 0. The molecule has 1 fully saturated rings. The molecule has 0 unspecified atom stereocenters. The van der Waals surface area contributed by atoms with E-state index < -0.39 is 5.60 Å². The van der Waals surface area contributed by atoms with Crippen molar-refractivity contribution in [3.63, 3.8) is 0 Å². The Morgan fingerprint density at radius 3 is 2.24 bits per heavy atom. The van der Waals surface area contributed by atoms with E-state index in [-0.39, 0.29) is 12.1 Å². The maximum Gasteiger partial charge on any atom is 0.410 e. The molecule has 0 bridgehead atoms. The molecular weight excluding hydrogens is 509 g/mol. The molecular formula is C29H32Cl2N3O3. The molecule has 1 amide bonds. The standard InChI is InChI=1S/C29H32Cl2N3O3/c1-19-12-20(21-14-22(30)17-23(31)15-21)16-26(13-19)36-25-6-7-27(32-18-25)34-10-8-24(9-11-34)33(5)28(35)37-29(2,3)4/h6-7,12-18,24H,1,8-11H2,2-5H3. The summed E-state index contributed by atoms with van der Waals surface area (Å²) in [7, 11) is 1.81. The van der Waals surface area contributed by atoms with Crippen molar-refractivity contribution in [1.29, 1.82) is 0 Å². The Kier molecular flexibility index (Phi) is 8.20. The van der Waals surface area contributed by atoms with E-state index in [1.54, 1.807) is 17.2 Å². The number of rotatable bonds is 5.